The first-order valence-corrected chi connectivity index (χ1v) is 11.4. The summed E-state index contributed by atoms with van der Waals surface area (Å²) in [6.07, 6.45) is 6.38. The second-order valence-corrected chi connectivity index (χ2v) is 8.65. The molecule has 2 amide bonds. The molecule has 1 aromatic carbocycles. The minimum atomic E-state index is -0.418. The van der Waals surface area contributed by atoms with E-state index >= 15 is 0 Å². The Bertz CT molecular complexity index is 850. The van der Waals surface area contributed by atoms with Gasteiger partial charge in [0.15, 0.2) is 0 Å². The predicted molar refractivity (Wildman–Crippen MR) is 120 cm³/mol. The van der Waals surface area contributed by atoms with E-state index in [9.17, 15) is 9.59 Å². The molecule has 2 saturated heterocycles. The molecule has 6 nitrogen and oxygen atoms in total. The molecule has 0 radical (unpaired) electrons. The number of piperazine rings is 1. The maximum absolute atomic E-state index is 13.0. The minimum Gasteiger partial charge on any atom is -0.353 e. The smallest absolute Gasteiger partial charge is 0.237 e. The number of piperidine rings is 1. The zero-order valence-electron chi connectivity index (χ0n) is 18.1. The van der Waals surface area contributed by atoms with E-state index in [0.29, 0.717) is 19.0 Å². The lowest BCUT2D eigenvalue weighted by Gasteiger charge is -2.37. The number of rotatable bonds is 7. The lowest BCUT2D eigenvalue weighted by Crippen LogP contribution is -2.56. The normalized spacial score (nSPS) is 20.5. The SMILES string of the molecule is O=C1NCCN(Cc2ccccn2)[C@H]1CC(=O)N1CCC(CCc2ccccc2)CC1. The lowest BCUT2D eigenvalue weighted by atomic mass is 9.90. The van der Waals surface area contributed by atoms with Crippen molar-refractivity contribution in [1.82, 2.24) is 20.1 Å². The highest BCUT2D eigenvalue weighted by molar-refractivity contribution is 5.88. The van der Waals surface area contributed by atoms with Gasteiger partial charge in [0.05, 0.1) is 18.2 Å². The molecule has 0 aliphatic carbocycles. The fraction of sp³-hybridized carbons (Fsp3) is 0.480. The molecule has 1 atom stereocenters. The summed E-state index contributed by atoms with van der Waals surface area (Å²) in [5, 5.41) is 2.92. The van der Waals surface area contributed by atoms with Crippen LogP contribution in [0.1, 0.15) is 36.9 Å². The first-order valence-electron chi connectivity index (χ1n) is 11.4. The number of carbonyl (C=O) groups excluding carboxylic acids is 2. The van der Waals surface area contributed by atoms with Crippen LogP contribution in [0.15, 0.2) is 54.7 Å². The van der Waals surface area contributed by atoms with Crippen LogP contribution in [-0.2, 0) is 22.6 Å². The summed E-state index contributed by atoms with van der Waals surface area (Å²) in [4.78, 5) is 34.0. The molecule has 0 bridgehead atoms. The average Bonchev–Trinajstić information content (AvgIpc) is 2.81. The van der Waals surface area contributed by atoms with E-state index in [4.69, 9.17) is 0 Å². The Balaban J connectivity index is 1.27. The minimum absolute atomic E-state index is 0.0479. The second kappa shape index (κ2) is 10.5. The fourth-order valence-electron chi connectivity index (χ4n) is 4.65. The molecule has 164 valence electrons. The largest absolute Gasteiger partial charge is 0.353 e. The van der Waals surface area contributed by atoms with Crippen molar-refractivity contribution in [3.63, 3.8) is 0 Å². The van der Waals surface area contributed by atoms with Gasteiger partial charge in [-0.1, -0.05) is 36.4 Å². The zero-order valence-corrected chi connectivity index (χ0v) is 18.1. The van der Waals surface area contributed by atoms with Crippen molar-refractivity contribution in [3.05, 3.63) is 66.0 Å². The van der Waals surface area contributed by atoms with Gasteiger partial charge in [0.2, 0.25) is 11.8 Å². The van der Waals surface area contributed by atoms with Gasteiger partial charge in [-0.25, -0.2) is 0 Å². The Morgan fingerprint density at radius 3 is 2.55 bits per heavy atom. The Kier molecular flexibility index (Phi) is 7.30. The summed E-state index contributed by atoms with van der Waals surface area (Å²) < 4.78 is 0. The van der Waals surface area contributed by atoms with Crippen molar-refractivity contribution < 1.29 is 9.59 Å². The van der Waals surface area contributed by atoms with Gasteiger partial charge in [0.1, 0.15) is 0 Å². The summed E-state index contributed by atoms with van der Waals surface area (Å²) in [6.45, 7) is 3.54. The van der Waals surface area contributed by atoms with Gasteiger partial charge in [0, 0.05) is 38.9 Å². The third kappa shape index (κ3) is 5.91. The van der Waals surface area contributed by atoms with E-state index in [0.717, 1.165) is 44.6 Å². The third-order valence-corrected chi connectivity index (χ3v) is 6.55. The van der Waals surface area contributed by atoms with Crippen LogP contribution in [-0.4, -0.2) is 58.8 Å². The van der Waals surface area contributed by atoms with Gasteiger partial charge >= 0.3 is 0 Å². The molecule has 0 saturated carbocycles. The van der Waals surface area contributed by atoms with E-state index in [1.54, 1.807) is 6.20 Å². The van der Waals surface area contributed by atoms with E-state index < -0.39 is 6.04 Å². The Morgan fingerprint density at radius 1 is 1.03 bits per heavy atom. The molecule has 0 unspecified atom stereocenters. The number of likely N-dealkylation sites (tertiary alicyclic amines) is 1. The molecule has 2 aliphatic rings. The molecule has 6 heteroatoms. The monoisotopic (exact) mass is 420 g/mol. The Labute approximate surface area is 184 Å². The van der Waals surface area contributed by atoms with Crippen LogP contribution < -0.4 is 5.32 Å². The van der Waals surface area contributed by atoms with Crippen LogP contribution in [0, 0.1) is 5.92 Å². The van der Waals surface area contributed by atoms with E-state index in [-0.39, 0.29) is 18.2 Å². The van der Waals surface area contributed by atoms with Crippen LogP contribution in [0.2, 0.25) is 0 Å². The van der Waals surface area contributed by atoms with Gasteiger partial charge in [-0.3, -0.25) is 19.5 Å². The van der Waals surface area contributed by atoms with Gasteiger partial charge in [-0.15, -0.1) is 0 Å². The van der Waals surface area contributed by atoms with Crippen LogP contribution in [0.3, 0.4) is 0 Å². The van der Waals surface area contributed by atoms with E-state index in [1.165, 1.54) is 12.0 Å². The maximum atomic E-state index is 13.0. The number of benzene rings is 1. The van der Waals surface area contributed by atoms with Crippen LogP contribution in [0.5, 0.6) is 0 Å². The molecular formula is C25H32N4O2. The van der Waals surface area contributed by atoms with Crippen molar-refractivity contribution in [2.45, 2.75) is 44.7 Å². The number of pyridine rings is 1. The molecule has 3 heterocycles. The summed E-state index contributed by atoms with van der Waals surface area (Å²) in [7, 11) is 0. The van der Waals surface area contributed by atoms with Crippen LogP contribution >= 0.6 is 0 Å². The molecule has 31 heavy (non-hydrogen) atoms. The molecule has 1 aromatic heterocycles. The number of nitrogens with zero attached hydrogens (tertiary/aromatic N) is 3. The molecule has 1 N–H and O–H groups in total. The van der Waals surface area contributed by atoms with Gasteiger partial charge in [-0.2, -0.15) is 0 Å². The van der Waals surface area contributed by atoms with Crippen LogP contribution in [0.25, 0.3) is 0 Å². The van der Waals surface area contributed by atoms with E-state index in [1.807, 2.05) is 23.1 Å². The number of hydrogen-bond donors (Lipinski definition) is 1. The second-order valence-electron chi connectivity index (χ2n) is 8.65. The maximum Gasteiger partial charge on any atom is 0.237 e. The number of hydrogen-bond acceptors (Lipinski definition) is 4. The van der Waals surface area contributed by atoms with Crippen LogP contribution in [0.4, 0.5) is 0 Å². The van der Waals surface area contributed by atoms with Gasteiger partial charge < -0.3 is 10.2 Å². The number of aromatic nitrogens is 1. The summed E-state index contributed by atoms with van der Waals surface area (Å²) >= 11 is 0. The molecule has 2 fully saturated rings. The molecule has 2 aromatic rings. The highest BCUT2D eigenvalue weighted by Gasteiger charge is 2.34. The Morgan fingerprint density at radius 2 is 1.81 bits per heavy atom. The Hall–Kier alpha value is -2.73. The topological polar surface area (TPSA) is 65.5 Å². The number of carbonyl (C=O) groups is 2. The molecular weight excluding hydrogens is 388 g/mol. The molecule has 4 rings (SSSR count). The quantitative estimate of drug-likeness (QED) is 0.748. The fourth-order valence-corrected chi connectivity index (χ4v) is 4.65. The summed E-state index contributed by atoms with van der Waals surface area (Å²) in [5.41, 5.74) is 2.31. The predicted octanol–water partition coefficient (Wildman–Crippen LogP) is 2.64. The number of aryl methyl sites for hydroxylation is 1. The average molecular weight is 421 g/mol. The molecule has 0 spiro atoms. The van der Waals surface area contributed by atoms with Gasteiger partial charge in [0.25, 0.3) is 0 Å². The highest BCUT2D eigenvalue weighted by atomic mass is 16.2. The van der Waals surface area contributed by atoms with E-state index in [2.05, 4.69) is 45.5 Å². The van der Waals surface area contributed by atoms with Crippen molar-refractivity contribution in [2.24, 2.45) is 5.92 Å². The standard InChI is InChI=1S/C25H32N4O2/c30-24(28-15-11-21(12-16-28)10-9-20-6-2-1-3-7-20)18-23-25(31)27-14-17-29(23)19-22-8-4-5-13-26-22/h1-8,13,21,23H,9-12,14-19H2,(H,27,31)/t23-/m0/s1. The summed E-state index contributed by atoms with van der Waals surface area (Å²) in [6, 6.07) is 16.0. The molecule has 2 aliphatic heterocycles. The van der Waals surface area contributed by atoms with Crippen molar-refractivity contribution in [3.8, 4) is 0 Å². The van der Waals surface area contributed by atoms with Gasteiger partial charge in [-0.05, 0) is 49.3 Å². The number of nitrogens with one attached hydrogen (secondary N) is 1. The third-order valence-electron chi connectivity index (χ3n) is 6.55. The number of amides is 2. The first kappa shape index (κ1) is 21.5. The highest BCUT2D eigenvalue weighted by Crippen LogP contribution is 2.24. The van der Waals surface area contributed by atoms with Crippen molar-refractivity contribution in [2.75, 3.05) is 26.2 Å². The lowest BCUT2D eigenvalue weighted by molar-refractivity contribution is -0.140. The summed E-state index contributed by atoms with van der Waals surface area (Å²) in [5.74, 6) is 0.714. The first-order chi connectivity index (χ1) is 15.2. The zero-order chi connectivity index (χ0) is 21.5. The van der Waals surface area contributed by atoms with Crippen molar-refractivity contribution in [1.29, 1.82) is 0 Å². The van der Waals surface area contributed by atoms with Crippen molar-refractivity contribution >= 4 is 11.8 Å².